The fourth-order valence-corrected chi connectivity index (χ4v) is 2.78. The van der Waals surface area contributed by atoms with Gasteiger partial charge in [-0.15, -0.1) is 0 Å². The number of nitrogens with one attached hydrogen (secondary N) is 1. The predicted octanol–water partition coefficient (Wildman–Crippen LogP) is 2.20. The Morgan fingerprint density at radius 2 is 1.38 bits per heavy atom. The summed E-state index contributed by atoms with van der Waals surface area (Å²) >= 11 is 0. The Morgan fingerprint density at radius 1 is 0.846 bits per heavy atom. The smallest absolute Gasteiger partial charge is 0.0266 e. The lowest BCUT2D eigenvalue weighted by molar-refractivity contribution is 0.294. The lowest BCUT2D eigenvalue weighted by atomic mass is 9.89. The summed E-state index contributed by atoms with van der Waals surface area (Å²) in [6.45, 7) is 0. The van der Waals surface area contributed by atoms with Crippen molar-refractivity contribution >= 4 is 0 Å². The summed E-state index contributed by atoms with van der Waals surface area (Å²) in [5.41, 5.74) is 3.06. The molecule has 0 heterocycles. The van der Waals surface area contributed by atoms with Gasteiger partial charge in [0.15, 0.2) is 0 Å². The molecular weight excluding hydrogens is 160 g/mol. The highest BCUT2D eigenvalue weighted by Crippen LogP contribution is 2.39. The van der Waals surface area contributed by atoms with E-state index in [1.807, 2.05) is 0 Å². The largest absolute Gasteiger partial charge is 0.271 e. The first-order chi connectivity index (χ1) is 6.42. The first-order valence-electron chi connectivity index (χ1n) is 5.88. The molecule has 2 aliphatic rings. The van der Waals surface area contributed by atoms with E-state index in [2.05, 4.69) is 5.43 Å². The molecule has 76 valence electrons. The molecule has 0 aliphatic heterocycles. The molecule has 2 nitrogen and oxygen atoms in total. The molecule has 1 atom stereocenters. The van der Waals surface area contributed by atoms with E-state index in [-0.39, 0.29) is 0 Å². The van der Waals surface area contributed by atoms with Crippen LogP contribution in [0.3, 0.4) is 0 Å². The predicted molar refractivity (Wildman–Crippen MR) is 55.0 cm³/mol. The summed E-state index contributed by atoms with van der Waals surface area (Å²) in [7, 11) is 0. The lowest BCUT2D eigenvalue weighted by Gasteiger charge is -2.25. The summed E-state index contributed by atoms with van der Waals surface area (Å²) < 4.78 is 0. The Hall–Kier alpha value is -0.0800. The molecule has 2 aliphatic carbocycles. The van der Waals surface area contributed by atoms with Crippen LogP contribution in [0.25, 0.3) is 0 Å². The molecular formula is C11H22N2. The van der Waals surface area contributed by atoms with Gasteiger partial charge in [-0.2, -0.15) is 0 Å². The van der Waals surface area contributed by atoms with Crippen molar-refractivity contribution in [3.8, 4) is 0 Å². The third-order valence-corrected chi connectivity index (χ3v) is 3.73. The number of hydrogen-bond acceptors (Lipinski definition) is 2. The third kappa shape index (κ3) is 2.44. The minimum atomic E-state index is 0.637. The van der Waals surface area contributed by atoms with Gasteiger partial charge in [0, 0.05) is 6.04 Å². The Labute approximate surface area is 81.2 Å². The number of hydrazine groups is 1. The highest BCUT2D eigenvalue weighted by Gasteiger charge is 2.35. The summed E-state index contributed by atoms with van der Waals surface area (Å²) in [5.74, 6) is 7.43. The van der Waals surface area contributed by atoms with Crippen LogP contribution in [-0.2, 0) is 0 Å². The van der Waals surface area contributed by atoms with Crippen molar-refractivity contribution in [1.82, 2.24) is 5.43 Å². The quantitative estimate of drug-likeness (QED) is 0.399. The van der Waals surface area contributed by atoms with E-state index < -0.39 is 0 Å². The van der Waals surface area contributed by atoms with Crippen LogP contribution < -0.4 is 11.3 Å². The summed E-state index contributed by atoms with van der Waals surface area (Å²) in [5, 5.41) is 0. The average molecular weight is 182 g/mol. The van der Waals surface area contributed by atoms with Crippen molar-refractivity contribution in [2.24, 2.45) is 17.7 Å². The monoisotopic (exact) mass is 182 g/mol. The van der Waals surface area contributed by atoms with Crippen LogP contribution in [0.5, 0.6) is 0 Å². The van der Waals surface area contributed by atoms with Gasteiger partial charge < -0.3 is 0 Å². The van der Waals surface area contributed by atoms with E-state index in [0.717, 1.165) is 11.8 Å². The molecule has 0 aromatic heterocycles. The third-order valence-electron chi connectivity index (χ3n) is 3.73. The average Bonchev–Trinajstić information content (AvgIpc) is 2.92. The topological polar surface area (TPSA) is 38.0 Å². The first kappa shape index (κ1) is 9.47. The van der Waals surface area contributed by atoms with Crippen LogP contribution in [0.2, 0.25) is 0 Å². The molecule has 2 rings (SSSR count). The maximum Gasteiger partial charge on any atom is 0.0266 e. The summed E-state index contributed by atoms with van der Waals surface area (Å²) in [4.78, 5) is 0. The van der Waals surface area contributed by atoms with Gasteiger partial charge >= 0.3 is 0 Å². The molecule has 0 saturated heterocycles. The minimum absolute atomic E-state index is 0.637. The molecule has 0 bridgehead atoms. The summed E-state index contributed by atoms with van der Waals surface area (Å²) in [6.07, 6.45) is 11.4. The second-order valence-electron chi connectivity index (χ2n) is 4.78. The van der Waals surface area contributed by atoms with E-state index in [1.54, 1.807) is 0 Å². The second-order valence-corrected chi connectivity index (χ2v) is 4.78. The van der Waals surface area contributed by atoms with Crippen molar-refractivity contribution < 1.29 is 0 Å². The SMILES string of the molecule is NNC(C1CCCCCC1)C1CC1. The number of rotatable bonds is 3. The van der Waals surface area contributed by atoms with Crippen molar-refractivity contribution in [3.63, 3.8) is 0 Å². The van der Waals surface area contributed by atoms with Gasteiger partial charge in [0.1, 0.15) is 0 Å². The fraction of sp³-hybridized carbons (Fsp3) is 1.00. The van der Waals surface area contributed by atoms with Crippen LogP contribution in [0.4, 0.5) is 0 Å². The van der Waals surface area contributed by atoms with E-state index in [4.69, 9.17) is 5.84 Å². The standard InChI is InChI=1S/C11H22N2/c12-13-11(10-7-8-10)9-5-3-1-2-4-6-9/h9-11,13H,1-8,12H2. The lowest BCUT2D eigenvalue weighted by Crippen LogP contribution is -2.42. The molecule has 0 aromatic rings. The molecule has 2 fully saturated rings. The second kappa shape index (κ2) is 4.43. The van der Waals surface area contributed by atoms with Crippen molar-refractivity contribution in [1.29, 1.82) is 0 Å². The van der Waals surface area contributed by atoms with Crippen LogP contribution in [0, 0.1) is 11.8 Å². The maximum absolute atomic E-state index is 5.65. The van der Waals surface area contributed by atoms with E-state index in [9.17, 15) is 0 Å². The molecule has 2 heteroatoms. The molecule has 2 saturated carbocycles. The normalized spacial score (nSPS) is 28.4. The van der Waals surface area contributed by atoms with Crippen molar-refractivity contribution in [3.05, 3.63) is 0 Å². The van der Waals surface area contributed by atoms with E-state index in [1.165, 1.54) is 51.4 Å². The van der Waals surface area contributed by atoms with Crippen molar-refractivity contribution in [2.45, 2.75) is 57.4 Å². The van der Waals surface area contributed by atoms with Crippen LogP contribution in [-0.4, -0.2) is 6.04 Å². The molecule has 0 spiro atoms. The summed E-state index contributed by atoms with van der Waals surface area (Å²) in [6, 6.07) is 0.637. The zero-order valence-corrected chi connectivity index (χ0v) is 8.47. The minimum Gasteiger partial charge on any atom is -0.271 e. The number of nitrogens with two attached hydrogens (primary N) is 1. The van der Waals surface area contributed by atoms with Crippen LogP contribution >= 0.6 is 0 Å². The first-order valence-corrected chi connectivity index (χ1v) is 5.88. The Bertz CT molecular complexity index is 146. The maximum atomic E-state index is 5.65. The van der Waals surface area contributed by atoms with Gasteiger partial charge in [-0.3, -0.25) is 11.3 Å². The van der Waals surface area contributed by atoms with Gasteiger partial charge in [0.2, 0.25) is 0 Å². The van der Waals surface area contributed by atoms with Gasteiger partial charge in [0.25, 0.3) is 0 Å². The Balaban J connectivity index is 1.87. The van der Waals surface area contributed by atoms with Crippen LogP contribution in [0.1, 0.15) is 51.4 Å². The molecule has 0 amide bonds. The van der Waals surface area contributed by atoms with Crippen molar-refractivity contribution in [2.75, 3.05) is 0 Å². The number of hydrogen-bond donors (Lipinski definition) is 2. The zero-order chi connectivity index (χ0) is 9.10. The molecule has 13 heavy (non-hydrogen) atoms. The van der Waals surface area contributed by atoms with Gasteiger partial charge in [0.05, 0.1) is 0 Å². The molecule has 0 aromatic carbocycles. The van der Waals surface area contributed by atoms with Gasteiger partial charge in [-0.1, -0.05) is 25.7 Å². The zero-order valence-electron chi connectivity index (χ0n) is 8.47. The Morgan fingerprint density at radius 3 is 1.85 bits per heavy atom. The molecule has 3 N–H and O–H groups in total. The van der Waals surface area contributed by atoms with Gasteiger partial charge in [-0.25, -0.2) is 0 Å². The van der Waals surface area contributed by atoms with E-state index >= 15 is 0 Å². The molecule has 1 unspecified atom stereocenters. The van der Waals surface area contributed by atoms with Crippen LogP contribution in [0.15, 0.2) is 0 Å². The highest BCUT2D eigenvalue weighted by molar-refractivity contribution is 4.90. The van der Waals surface area contributed by atoms with E-state index in [0.29, 0.717) is 6.04 Å². The highest BCUT2D eigenvalue weighted by atomic mass is 15.2. The van der Waals surface area contributed by atoms with Gasteiger partial charge in [-0.05, 0) is 37.5 Å². The Kier molecular flexibility index (Phi) is 3.23. The fourth-order valence-electron chi connectivity index (χ4n) is 2.78. The molecule has 0 radical (unpaired) electrons.